The largest absolute Gasteiger partial charge is 0.453 e. The SMILES string of the molecule is O=C1CCc2cc(C(=O)COC(=O)c3cc4cc([N+](=O)[O-])ccc4s3)ccc2N1. The van der Waals surface area contributed by atoms with E-state index in [-0.39, 0.29) is 22.3 Å². The van der Waals surface area contributed by atoms with Gasteiger partial charge in [-0.05, 0) is 42.3 Å². The van der Waals surface area contributed by atoms with Gasteiger partial charge in [-0.1, -0.05) is 0 Å². The number of rotatable bonds is 5. The van der Waals surface area contributed by atoms with E-state index in [4.69, 9.17) is 4.74 Å². The van der Waals surface area contributed by atoms with Crippen molar-refractivity contribution >= 4 is 50.5 Å². The Morgan fingerprint density at radius 1 is 1.14 bits per heavy atom. The zero-order valence-electron chi connectivity index (χ0n) is 15.0. The van der Waals surface area contributed by atoms with Crippen molar-refractivity contribution in [2.75, 3.05) is 11.9 Å². The van der Waals surface area contributed by atoms with Gasteiger partial charge < -0.3 is 10.1 Å². The Morgan fingerprint density at radius 2 is 1.97 bits per heavy atom. The number of anilines is 1. The molecule has 1 aliphatic heterocycles. The highest BCUT2D eigenvalue weighted by Crippen LogP contribution is 2.29. The van der Waals surface area contributed by atoms with Crippen molar-refractivity contribution in [2.45, 2.75) is 12.8 Å². The topological polar surface area (TPSA) is 116 Å². The number of non-ortho nitro benzene ring substituents is 1. The van der Waals surface area contributed by atoms with Gasteiger partial charge in [0.05, 0.1) is 4.92 Å². The second kappa shape index (κ2) is 7.44. The van der Waals surface area contributed by atoms with Crippen molar-refractivity contribution < 1.29 is 24.0 Å². The van der Waals surface area contributed by atoms with Crippen LogP contribution in [-0.2, 0) is 16.0 Å². The zero-order valence-corrected chi connectivity index (χ0v) is 15.8. The van der Waals surface area contributed by atoms with Crippen LogP contribution in [0.4, 0.5) is 11.4 Å². The molecule has 1 aliphatic rings. The van der Waals surface area contributed by atoms with Crippen molar-refractivity contribution in [3.8, 4) is 0 Å². The van der Waals surface area contributed by atoms with E-state index in [0.717, 1.165) is 16.9 Å². The van der Waals surface area contributed by atoms with Crippen LogP contribution in [0.3, 0.4) is 0 Å². The molecule has 0 atom stereocenters. The van der Waals surface area contributed by atoms with Crippen molar-refractivity contribution in [3.63, 3.8) is 0 Å². The van der Waals surface area contributed by atoms with Gasteiger partial charge in [0.2, 0.25) is 5.91 Å². The number of hydrogen-bond donors (Lipinski definition) is 1. The fraction of sp³-hybridized carbons (Fsp3) is 0.150. The maximum absolute atomic E-state index is 12.4. The highest BCUT2D eigenvalue weighted by atomic mass is 32.1. The highest BCUT2D eigenvalue weighted by molar-refractivity contribution is 7.20. The van der Waals surface area contributed by atoms with E-state index in [9.17, 15) is 24.5 Å². The smallest absolute Gasteiger partial charge is 0.348 e. The second-order valence-electron chi connectivity index (χ2n) is 6.51. The molecule has 3 aromatic rings. The van der Waals surface area contributed by atoms with Crippen LogP contribution < -0.4 is 5.32 Å². The molecule has 0 saturated carbocycles. The molecule has 8 nitrogen and oxygen atoms in total. The fourth-order valence-corrected chi connectivity index (χ4v) is 4.02. The van der Waals surface area contributed by atoms with Crippen LogP contribution in [-0.4, -0.2) is 29.2 Å². The van der Waals surface area contributed by atoms with Crippen LogP contribution in [0.5, 0.6) is 0 Å². The molecule has 1 N–H and O–H groups in total. The average molecular weight is 410 g/mol. The summed E-state index contributed by atoms with van der Waals surface area (Å²) < 4.78 is 5.84. The standard InChI is InChI=1S/C20H14N2O6S/c23-16(12-1-4-15-11(7-12)2-6-19(24)21-15)10-28-20(25)18-9-13-8-14(22(26)27)3-5-17(13)29-18/h1,3-5,7-9H,2,6,10H2,(H,21,24). The number of thiophene rings is 1. The predicted octanol–water partition coefficient (Wildman–Crippen LogP) is 3.73. The third-order valence-corrected chi connectivity index (χ3v) is 5.67. The summed E-state index contributed by atoms with van der Waals surface area (Å²) in [6.45, 7) is -0.418. The maximum atomic E-state index is 12.4. The first kappa shape index (κ1) is 18.8. The minimum atomic E-state index is -0.660. The first-order chi connectivity index (χ1) is 13.9. The monoisotopic (exact) mass is 410 g/mol. The van der Waals surface area contributed by atoms with Crippen LogP contribution >= 0.6 is 11.3 Å². The number of nitrogens with one attached hydrogen (secondary N) is 1. The lowest BCUT2D eigenvalue weighted by Crippen LogP contribution is -2.20. The number of esters is 1. The number of amides is 1. The first-order valence-corrected chi connectivity index (χ1v) is 9.53. The molecule has 29 heavy (non-hydrogen) atoms. The van der Waals surface area contributed by atoms with Gasteiger partial charge in [0.25, 0.3) is 5.69 Å². The number of fused-ring (bicyclic) bond motifs is 2. The van der Waals surface area contributed by atoms with Crippen molar-refractivity contribution in [3.05, 3.63) is 68.6 Å². The number of nitrogens with zero attached hydrogens (tertiary/aromatic N) is 1. The van der Waals surface area contributed by atoms with Gasteiger partial charge in [-0.15, -0.1) is 11.3 Å². The van der Waals surface area contributed by atoms with Crippen molar-refractivity contribution in [1.29, 1.82) is 0 Å². The lowest BCUT2D eigenvalue weighted by atomic mass is 9.99. The molecule has 0 spiro atoms. The number of benzene rings is 2. The second-order valence-corrected chi connectivity index (χ2v) is 7.59. The number of aryl methyl sites for hydroxylation is 1. The Hall–Kier alpha value is -3.59. The summed E-state index contributed by atoms with van der Waals surface area (Å²) in [6.07, 6.45) is 0.916. The molecule has 1 amide bonds. The van der Waals surface area contributed by atoms with Gasteiger partial charge >= 0.3 is 5.97 Å². The molecule has 0 unspecified atom stereocenters. The molecular weight excluding hydrogens is 396 g/mol. The van der Waals surface area contributed by atoms with Crippen LogP contribution in [0.2, 0.25) is 0 Å². The van der Waals surface area contributed by atoms with Gasteiger partial charge in [-0.2, -0.15) is 0 Å². The summed E-state index contributed by atoms with van der Waals surface area (Å²) in [6, 6.07) is 10.8. The van der Waals surface area contributed by atoms with Crippen LogP contribution in [0.1, 0.15) is 32.0 Å². The Bertz CT molecular complexity index is 1180. The van der Waals surface area contributed by atoms with Gasteiger partial charge in [-0.3, -0.25) is 19.7 Å². The number of nitro benzene ring substituents is 1. The Kier molecular flexibility index (Phi) is 4.81. The Labute approximate surface area is 168 Å². The summed E-state index contributed by atoms with van der Waals surface area (Å²) in [7, 11) is 0. The minimum absolute atomic E-state index is 0.0563. The molecule has 0 aliphatic carbocycles. The molecule has 146 valence electrons. The molecule has 4 rings (SSSR count). The van der Waals surface area contributed by atoms with Crippen molar-refractivity contribution in [1.82, 2.24) is 0 Å². The van der Waals surface area contributed by atoms with Gasteiger partial charge in [0.15, 0.2) is 12.4 Å². The number of Topliss-reactive ketones (excluding diaryl/α,β-unsaturated/α-hetero) is 1. The molecule has 0 saturated heterocycles. The van der Waals surface area contributed by atoms with E-state index < -0.39 is 17.5 Å². The van der Waals surface area contributed by atoms with E-state index in [1.54, 1.807) is 24.3 Å². The molecular formula is C20H14N2O6S. The van der Waals surface area contributed by atoms with Gasteiger partial charge in [0, 0.05) is 39.9 Å². The molecule has 1 aromatic heterocycles. The molecule has 9 heteroatoms. The molecule has 0 fully saturated rings. The third kappa shape index (κ3) is 3.85. The van der Waals surface area contributed by atoms with Crippen LogP contribution in [0.25, 0.3) is 10.1 Å². The maximum Gasteiger partial charge on any atom is 0.348 e. The van der Waals surface area contributed by atoms with Crippen LogP contribution in [0.15, 0.2) is 42.5 Å². The first-order valence-electron chi connectivity index (χ1n) is 8.72. The van der Waals surface area contributed by atoms with Crippen molar-refractivity contribution in [2.24, 2.45) is 0 Å². The summed E-state index contributed by atoms with van der Waals surface area (Å²) >= 11 is 1.14. The van der Waals surface area contributed by atoms with E-state index in [1.165, 1.54) is 18.2 Å². The summed E-state index contributed by atoms with van der Waals surface area (Å²) in [5.41, 5.74) is 1.90. The van der Waals surface area contributed by atoms with E-state index in [1.807, 2.05) is 0 Å². The zero-order chi connectivity index (χ0) is 20.5. The Balaban J connectivity index is 1.44. The predicted molar refractivity (Wildman–Crippen MR) is 106 cm³/mol. The fourth-order valence-electron chi connectivity index (χ4n) is 3.09. The number of hydrogen-bond acceptors (Lipinski definition) is 7. The summed E-state index contributed by atoms with van der Waals surface area (Å²) in [5.74, 6) is -1.07. The van der Waals surface area contributed by atoms with E-state index in [0.29, 0.717) is 34.2 Å². The normalized spacial score (nSPS) is 12.9. The number of carbonyl (C=O) groups is 3. The van der Waals surface area contributed by atoms with Crippen LogP contribution in [0, 0.1) is 10.1 Å². The number of ether oxygens (including phenoxy) is 1. The van der Waals surface area contributed by atoms with Gasteiger partial charge in [0.1, 0.15) is 4.88 Å². The Morgan fingerprint density at radius 3 is 2.76 bits per heavy atom. The minimum Gasteiger partial charge on any atom is -0.453 e. The third-order valence-electron chi connectivity index (χ3n) is 4.57. The lowest BCUT2D eigenvalue weighted by Gasteiger charge is -2.17. The summed E-state index contributed by atoms with van der Waals surface area (Å²) in [5, 5.41) is 14.2. The lowest BCUT2D eigenvalue weighted by molar-refractivity contribution is -0.384. The molecule has 2 aromatic carbocycles. The van der Waals surface area contributed by atoms with Gasteiger partial charge in [-0.25, -0.2) is 4.79 Å². The van der Waals surface area contributed by atoms with E-state index >= 15 is 0 Å². The highest BCUT2D eigenvalue weighted by Gasteiger charge is 2.19. The average Bonchev–Trinajstić information content (AvgIpc) is 3.14. The molecule has 0 bridgehead atoms. The number of nitro groups is 1. The summed E-state index contributed by atoms with van der Waals surface area (Å²) in [4.78, 5) is 46.7. The number of ketones is 1. The molecule has 2 heterocycles. The molecule has 0 radical (unpaired) electrons. The number of carbonyl (C=O) groups excluding carboxylic acids is 3. The quantitative estimate of drug-likeness (QED) is 0.297. The van der Waals surface area contributed by atoms with E-state index in [2.05, 4.69) is 5.32 Å².